The Balaban J connectivity index is 1.39. The first-order valence-electron chi connectivity index (χ1n) is 9.56. The third kappa shape index (κ3) is 4.14. The first-order chi connectivity index (χ1) is 14.2. The highest BCUT2D eigenvalue weighted by atomic mass is 32.2. The molecule has 2 aliphatic rings. The van der Waals surface area contributed by atoms with Gasteiger partial charge < -0.3 is 19.9 Å². The number of amides is 1. The minimum Gasteiger partial charge on any atom is -0.508 e. The lowest BCUT2D eigenvalue weighted by atomic mass is 9.91. The maximum Gasteiger partial charge on any atom is 0.239 e. The quantitative estimate of drug-likeness (QED) is 0.677. The summed E-state index contributed by atoms with van der Waals surface area (Å²) in [6.07, 6.45) is 0.692. The fraction of sp³-hybridized carbons (Fsp3) is 0.318. The van der Waals surface area contributed by atoms with Crippen molar-refractivity contribution < 1.29 is 24.2 Å². The summed E-state index contributed by atoms with van der Waals surface area (Å²) in [5.41, 5.74) is 1.20. The number of Topliss-reactive ketones (excluding diaryl/α,β-unsaturated/α-hetero) is 1. The number of hydrogen-bond acceptors (Lipinski definition) is 7. The van der Waals surface area contributed by atoms with Crippen LogP contribution in [-0.4, -0.2) is 39.4 Å². The van der Waals surface area contributed by atoms with Crippen LogP contribution >= 0.6 is 11.8 Å². The second-order valence-electron chi connectivity index (χ2n) is 7.85. The molecular formula is C22H22N2O5S. The maximum atomic E-state index is 12.5. The number of fused-ring (bicyclic) bond motifs is 1. The fourth-order valence-corrected chi connectivity index (χ4v) is 4.40. The van der Waals surface area contributed by atoms with E-state index in [1.54, 1.807) is 13.0 Å². The molecule has 3 N–H and O–H groups in total. The van der Waals surface area contributed by atoms with Gasteiger partial charge in [-0.2, -0.15) is 0 Å². The number of aryl methyl sites for hydroxylation is 1. The van der Waals surface area contributed by atoms with Crippen molar-refractivity contribution in [2.75, 3.05) is 6.61 Å². The minimum absolute atomic E-state index is 0.0796. The zero-order valence-electron chi connectivity index (χ0n) is 16.7. The summed E-state index contributed by atoms with van der Waals surface area (Å²) in [7, 11) is 0. The van der Waals surface area contributed by atoms with Gasteiger partial charge in [0, 0.05) is 0 Å². The Kier molecular flexibility index (Phi) is 5.19. The molecule has 0 spiro atoms. The topological polar surface area (TPSA) is 109 Å². The van der Waals surface area contributed by atoms with Crippen LogP contribution in [0.15, 0.2) is 36.4 Å². The maximum absolute atomic E-state index is 12.5. The molecule has 2 aromatic rings. The number of nitrogens with one attached hydrogen (secondary N) is 2. The lowest BCUT2D eigenvalue weighted by molar-refractivity contribution is -0.118. The van der Waals surface area contributed by atoms with Gasteiger partial charge in [0.15, 0.2) is 11.0 Å². The van der Waals surface area contributed by atoms with E-state index in [2.05, 4.69) is 5.32 Å². The number of phenolic OH excluding ortho intramolecular Hbond substituents is 1. The zero-order chi connectivity index (χ0) is 21.5. The minimum atomic E-state index is -0.814. The van der Waals surface area contributed by atoms with Crippen LogP contribution in [-0.2, 0) is 11.2 Å². The van der Waals surface area contributed by atoms with Crippen LogP contribution in [0.5, 0.6) is 17.2 Å². The van der Waals surface area contributed by atoms with E-state index in [4.69, 9.17) is 14.9 Å². The van der Waals surface area contributed by atoms with Crippen molar-refractivity contribution in [3.63, 3.8) is 0 Å². The predicted molar refractivity (Wildman–Crippen MR) is 114 cm³/mol. The number of aromatic hydroxyl groups is 1. The van der Waals surface area contributed by atoms with E-state index >= 15 is 0 Å². The van der Waals surface area contributed by atoms with Gasteiger partial charge in [-0.15, -0.1) is 0 Å². The van der Waals surface area contributed by atoms with Crippen molar-refractivity contribution in [3.8, 4) is 17.2 Å². The van der Waals surface area contributed by atoms with Gasteiger partial charge in [0.1, 0.15) is 29.5 Å². The van der Waals surface area contributed by atoms with E-state index in [1.165, 1.54) is 17.8 Å². The highest BCUT2D eigenvalue weighted by Gasteiger charge is 2.38. The number of amidine groups is 1. The summed E-state index contributed by atoms with van der Waals surface area (Å²) in [5, 5.41) is 19.8. The van der Waals surface area contributed by atoms with Gasteiger partial charge in [0.2, 0.25) is 5.91 Å². The molecule has 1 amide bonds. The van der Waals surface area contributed by atoms with Crippen molar-refractivity contribution in [3.05, 3.63) is 53.1 Å². The molecule has 2 unspecified atom stereocenters. The predicted octanol–water partition coefficient (Wildman–Crippen LogP) is 3.21. The Bertz CT molecular complexity index is 1040. The van der Waals surface area contributed by atoms with E-state index in [9.17, 15) is 14.7 Å². The molecule has 8 heteroatoms. The molecule has 2 aromatic carbocycles. The number of ether oxygens (including phenoxy) is 2. The van der Waals surface area contributed by atoms with Crippen molar-refractivity contribution in [1.29, 1.82) is 5.41 Å². The zero-order valence-corrected chi connectivity index (χ0v) is 17.5. The molecule has 1 saturated heterocycles. The molecule has 2 aliphatic heterocycles. The van der Waals surface area contributed by atoms with Gasteiger partial charge in [-0.3, -0.25) is 15.0 Å². The Morgan fingerprint density at radius 2 is 2.03 bits per heavy atom. The number of carbonyl (C=O) groups is 2. The Morgan fingerprint density at radius 3 is 2.70 bits per heavy atom. The molecule has 2 atom stereocenters. The van der Waals surface area contributed by atoms with Gasteiger partial charge in [0.05, 0.1) is 17.2 Å². The molecule has 4 rings (SSSR count). The van der Waals surface area contributed by atoms with Crippen LogP contribution in [0.2, 0.25) is 0 Å². The fourth-order valence-electron chi connectivity index (χ4n) is 3.51. The van der Waals surface area contributed by atoms with Gasteiger partial charge in [0.25, 0.3) is 0 Å². The largest absolute Gasteiger partial charge is 0.508 e. The third-order valence-electron chi connectivity index (χ3n) is 5.17. The highest BCUT2D eigenvalue weighted by molar-refractivity contribution is 8.15. The van der Waals surface area contributed by atoms with E-state index < -0.39 is 5.60 Å². The smallest absolute Gasteiger partial charge is 0.239 e. The third-order valence-corrected chi connectivity index (χ3v) is 6.17. The Hall–Kier alpha value is -3.00. The molecule has 0 saturated carbocycles. The van der Waals surface area contributed by atoms with E-state index in [0.29, 0.717) is 29.0 Å². The number of ketones is 1. The first-order valence-corrected chi connectivity index (χ1v) is 10.4. The SMILES string of the molecule is Cc1cc2c(cc1O)C(=O)CC(C)(COc1ccc(CC3SC(=N)NC3=O)cc1)O2. The lowest BCUT2D eigenvalue weighted by Crippen LogP contribution is -2.44. The molecule has 30 heavy (non-hydrogen) atoms. The molecule has 7 nitrogen and oxygen atoms in total. The molecule has 156 valence electrons. The number of benzene rings is 2. The number of phenols is 1. The molecule has 0 bridgehead atoms. The molecule has 0 aromatic heterocycles. The van der Waals surface area contributed by atoms with Crippen molar-refractivity contribution in [2.45, 2.75) is 37.5 Å². The number of carbonyl (C=O) groups excluding carboxylic acids is 2. The molecule has 2 heterocycles. The Morgan fingerprint density at radius 1 is 1.30 bits per heavy atom. The number of thioether (sulfide) groups is 1. The highest BCUT2D eigenvalue weighted by Crippen LogP contribution is 2.37. The normalized spacial score (nSPS) is 23.0. The molecule has 0 aliphatic carbocycles. The summed E-state index contributed by atoms with van der Waals surface area (Å²) >= 11 is 1.22. The van der Waals surface area contributed by atoms with Gasteiger partial charge in [-0.25, -0.2) is 0 Å². The van der Waals surface area contributed by atoms with Gasteiger partial charge >= 0.3 is 0 Å². The molecule has 1 fully saturated rings. The summed E-state index contributed by atoms with van der Waals surface area (Å²) in [6, 6.07) is 10.6. The van der Waals surface area contributed by atoms with E-state index in [1.807, 2.05) is 31.2 Å². The van der Waals surface area contributed by atoms with Gasteiger partial charge in [-0.1, -0.05) is 23.9 Å². The monoisotopic (exact) mass is 426 g/mol. The van der Waals surface area contributed by atoms with Crippen LogP contribution < -0.4 is 14.8 Å². The number of hydrogen-bond donors (Lipinski definition) is 3. The average Bonchev–Trinajstić information content (AvgIpc) is 3.00. The average molecular weight is 426 g/mol. The first kappa shape index (κ1) is 20.3. The van der Waals surface area contributed by atoms with Crippen molar-refractivity contribution in [1.82, 2.24) is 5.32 Å². The van der Waals surface area contributed by atoms with Crippen molar-refractivity contribution >= 4 is 28.6 Å². The lowest BCUT2D eigenvalue weighted by Gasteiger charge is -2.34. The van der Waals surface area contributed by atoms with Crippen LogP contribution in [0.4, 0.5) is 0 Å². The summed E-state index contributed by atoms with van der Waals surface area (Å²) < 4.78 is 11.9. The number of rotatable bonds is 5. The van der Waals surface area contributed by atoms with Crippen molar-refractivity contribution in [2.24, 2.45) is 0 Å². The van der Waals surface area contributed by atoms with Crippen LogP contribution in [0.1, 0.15) is 34.8 Å². The Labute approximate surface area is 178 Å². The standard InChI is InChI=1S/C22H22N2O5S/c1-12-7-18-15(9-16(12)25)17(26)10-22(2,29-18)11-28-14-5-3-13(4-6-14)8-19-20(27)24-21(23)30-19/h3-7,9,19,25H,8,10-11H2,1-2H3,(H2,23,24,27). The second-order valence-corrected chi connectivity index (χ2v) is 9.06. The van der Waals surface area contributed by atoms with Crippen LogP contribution in [0, 0.1) is 12.3 Å². The van der Waals surface area contributed by atoms with Gasteiger partial charge in [-0.05, 0) is 55.7 Å². The van der Waals surface area contributed by atoms with E-state index in [-0.39, 0.29) is 40.9 Å². The summed E-state index contributed by atoms with van der Waals surface area (Å²) in [4.78, 5) is 24.3. The summed E-state index contributed by atoms with van der Waals surface area (Å²) in [5.74, 6) is 0.948. The van der Waals surface area contributed by atoms with E-state index in [0.717, 1.165) is 5.56 Å². The van der Waals surface area contributed by atoms with Crippen LogP contribution in [0.3, 0.4) is 0 Å². The second kappa shape index (κ2) is 7.68. The molecule has 0 radical (unpaired) electrons. The summed E-state index contributed by atoms with van der Waals surface area (Å²) in [6.45, 7) is 3.77. The van der Waals surface area contributed by atoms with Crippen LogP contribution in [0.25, 0.3) is 0 Å². The molecular weight excluding hydrogens is 404 g/mol.